The average molecular weight is 357 g/mol. The van der Waals surface area contributed by atoms with Gasteiger partial charge in [0.25, 0.3) is 11.6 Å². The van der Waals surface area contributed by atoms with Crippen LogP contribution >= 0.6 is 11.6 Å². The zero-order valence-electron chi connectivity index (χ0n) is 13.1. The second kappa shape index (κ2) is 6.74. The quantitative estimate of drug-likeness (QED) is 0.422. The number of aromatic nitrogens is 1. The Morgan fingerprint density at radius 1 is 1.32 bits per heavy atom. The molecule has 0 aliphatic rings. The molecular weight excluding hydrogens is 344 g/mol. The number of halogens is 1. The second-order valence-corrected chi connectivity index (χ2v) is 5.80. The van der Waals surface area contributed by atoms with Crippen molar-refractivity contribution in [1.82, 2.24) is 10.4 Å². The van der Waals surface area contributed by atoms with Gasteiger partial charge in [-0.3, -0.25) is 14.9 Å². The molecule has 1 amide bonds. The number of hydrogen-bond acceptors (Lipinski definition) is 4. The number of nitro benzene ring substituents is 1. The van der Waals surface area contributed by atoms with Crippen LogP contribution in [0.2, 0.25) is 5.02 Å². The van der Waals surface area contributed by atoms with Gasteiger partial charge in [-0.1, -0.05) is 23.7 Å². The van der Waals surface area contributed by atoms with Crippen molar-refractivity contribution >= 4 is 40.3 Å². The summed E-state index contributed by atoms with van der Waals surface area (Å²) in [7, 11) is 0. The van der Waals surface area contributed by atoms with Gasteiger partial charge < -0.3 is 4.98 Å². The van der Waals surface area contributed by atoms with Gasteiger partial charge in [-0.05, 0) is 30.7 Å². The molecule has 0 atom stereocenters. The Hall–Kier alpha value is -3.19. The lowest BCUT2D eigenvalue weighted by Crippen LogP contribution is -2.18. The number of aromatic amines is 1. The Morgan fingerprint density at radius 2 is 2.12 bits per heavy atom. The molecular formula is C17H13ClN4O3. The van der Waals surface area contributed by atoms with Gasteiger partial charge in [-0.15, -0.1) is 0 Å². The number of hydrazone groups is 1. The van der Waals surface area contributed by atoms with E-state index in [2.05, 4.69) is 15.5 Å². The van der Waals surface area contributed by atoms with Gasteiger partial charge in [0, 0.05) is 33.6 Å². The van der Waals surface area contributed by atoms with Gasteiger partial charge in [-0.25, -0.2) is 5.43 Å². The number of benzene rings is 2. The molecule has 0 saturated carbocycles. The van der Waals surface area contributed by atoms with Crippen LogP contribution in [-0.2, 0) is 0 Å². The van der Waals surface area contributed by atoms with Gasteiger partial charge in [0.1, 0.15) is 5.69 Å². The first-order valence-electron chi connectivity index (χ1n) is 7.31. The average Bonchev–Trinajstić information content (AvgIpc) is 2.91. The van der Waals surface area contributed by atoms with E-state index in [4.69, 9.17) is 11.6 Å². The molecule has 126 valence electrons. The molecule has 7 nitrogen and oxygen atoms in total. The summed E-state index contributed by atoms with van der Waals surface area (Å²) in [5.41, 5.74) is 4.82. The van der Waals surface area contributed by atoms with Gasteiger partial charge in [0.15, 0.2) is 0 Å². The van der Waals surface area contributed by atoms with Gasteiger partial charge in [0.2, 0.25) is 0 Å². The zero-order valence-corrected chi connectivity index (χ0v) is 13.9. The number of nitrogens with zero attached hydrogens (tertiary/aromatic N) is 2. The highest BCUT2D eigenvalue weighted by Crippen LogP contribution is 2.24. The topological polar surface area (TPSA) is 100 Å². The lowest BCUT2D eigenvalue weighted by atomic mass is 10.1. The van der Waals surface area contributed by atoms with Gasteiger partial charge in [-0.2, -0.15) is 5.10 Å². The molecule has 0 radical (unpaired) electrons. The van der Waals surface area contributed by atoms with E-state index in [1.54, 1.807) is 30.3 Å². The molecule has 3 rings (SSSR count). The van der Waals surface area contributed by atoms with Crippen LogP contribution in [0.4, 0.5) is 5.69 Å². The van der Waals surface area contributed by atoms with Crippen LogP contribution in [0.15, 0.2) is 47.6 Å². The number of non-ortho nitro benzene ring substituents is 1. The van der Waals surface area contributed by atoms with Gasteiger partial charge in [0.05, 0.1) is 11.1 Å². The summed E-state index contributed by atoms with van der Waals surface area (Å²) in [5.74, 6) is -0.411. The third-order valence-electron chi connectivity index (χ3n) is 3.71. The van der Waals surface area contributed by atoms with E-state index in [1.807, 2.05) is 6.92 Å². The van der Waals surface area contributed by atoms with Crippen molar-refractivity contribution in [2.75, 3.05) is 0 Å². The third kappa shape index (κ3) is 3.51. The van der Waals surface area contributed by atoms with Crippen molar-refractivity contribution in [3.8, 4) is 0 Å². The van der Waals surface area contributed by atoms with E-state index in [0.29, 0.717) is 16.3 Å². The Bertz CT molecular complexity index is 1010. The van der Waals surface area contributed by atoms with Crippen molar-refractivity contribution in [2.24, 2.45) is 5.10 Å². The molecule has 25 heavy (non-hydrogen) atoms. The molecule has 0 aliphatic heterocycles. The highest BCUT2D eigenvalue weighted by atomic mass is 35.5. The number of nitrogens with one attached hydrogen (secondary N) is 2. The Labute approximate surface area is 147 Å². The monoisotopic (exact) mass is 356 g/mol. The molecule has 2 N–H and O–H groups in total. The molecule has 1 heterocycles. The van der Waals surface area contributed by atoms with Crippen LogP contribution in [0.5, 0.6) is 0 Å². The summed E-state index contributed by atoms with van der Waals surface area (Å²) >= 11 is 5.98. The minimum atomic E-state index is -0.491. The number of carbonyl (C=O) groups is 1. The molecule has 3 aromatic rings. The molecule has 0 aliphatic carbocycles. The second-order valence-electron chi connectivity index (χ2n) is 5.37. The standard InChI is InChI=1S/C17H13ClN4O3/c1-10-14-8-12(18)5-6-15(14)20-16(10)17(23)21-19-9-11-3-2-4-13(7-11)22(24)25/h2-9,20H,1H3,(H,21,23)/b19-9+. The van der Waals surface area contributed by atoms with Crippen LogP contribution in [0, 0.1) is 17.0 Å². The number of rotatable bonds is 4. The predicted octanol–water partition coefficient (Wildman–Crippen LogP) is 3.80. The van der Waals surface area contributed by atoms with E-state index in [9.17, 15) is 14.9 Å². The van der Waals surface area contributed by atoms with E-state index in [1.165, 1.54) is 18.3 Å². The summed E-state index contributed by atoms with van der Waals surface area (Å²) in [6.07, 6.45) is 1.35. The van der Waals surface area contributed by atoms with E-state index < -0.39 is 10.8 Å². The fraction of sp³-hybridized carbons (Fsp3) is 0.0588. The first-order valence-corrected chi connectivity index (χ1v) is 7.69. The fourth-order valence-electron chi connectivity index (χ4n) is 2.47. The predicted molar refractivity (Wildman–Crippen MR) is 96.2 cm³/mol. The number of aryl methyl sites for hydroxylation is 1. The summed E-state index contributed by atoms with van der Waals surface area (Å²) in [6.45, 7) is 1.81. The van der Waals surface area contributed by atoms with E-state index in [0.717, 1.165) is 16.5 Å². The first-order chi connectivity index (χ1) is 12.0. The lowest BCUT2D eigenvalue weighted by molar-refractivity contribution is -0.384. The van der Waals surface area contributed by atoms with E-state index >= 15 is 0 Å². The molecule has 0 fully saturated rings. The Morgan fingerprint density at radius 3 is 2.88 bits per heavy atom. The highest BCUT2D eigenvalue weighted by molar-refractivity contribution is 6.31. The highest BCUT2D eigenvalue weighted by Gasteiger charge is 2.14. The molecule has 1 aromatic heterocycles. The first kappa shape index (κ1) is 16.7. The minimum Gasteiger partial charge on any atom is -0.350 e. The van der Waals surface area contributed by atoms with Crippen molar-refractivity contribution in [2.45, 2.75) is 6.92 Å². The molecule has 8 heteroatoms. The summed E-state index contributed by atoms with van der Waals surface area (Å²) in [5, 5.41) is 16.0. The minimum absolute atomic E-state index is 0.0429. The zero-order chi connectivity index (χ0) is 18.0. The molecule has 0 unspecified atom stereocenters. The summed E-state index contributed by atoms with van der Waals surface area (Å²) in [4.78, 5) is 25.6. The van der Waals surface area contributed by atoms with Crippen molar-refractivity contribution in [1.29, 1.82) is 0 Å². The van der Waals surface area contributed by atoms with Crippen molar-refractivity contribution in [3.05, 3.63) is 74.4 Å². The molecule has 0 spiro atoms. The number of carbonyl (C=O) groups excluding carboxylic acids is 1. The number of nitro groups is 1. The maximum atomic E-state index is 12.3. The van der Waals surface area contributed by atoms with Crippen molar-refractivity contribution in [3.63, 3.8) is 0 Å². The third-order valence-corrected chi connectivity index (χ3v) is 3.94. The number of fused-ring (bicyclic) bond motifs is 1. The SMILES string of the molecule is Cc1c(C(=O)N/N=C/c2cccc([N+](=O)[O-])c2)[nH]c2ccc(Cl)cc12. The number of amides is 1. The van der Waals surface area contributed by atoms with Crippen LogP contribution < -0.4 is 5.43 Å². The smallest absolute Gasteiger partial charge is 0.288 e. The maximum absolute atomic E-state index is 12.3. The maximum Gasteiger partial charge on any atom is 0.288 e. The van der Waals surface area contributed by atoms with Crippen LogP contribution in [-0.4, -0.2) is 22.0 Å². The molecule has 2 aromatic carbocycles. The van der Waals surface area contributed by atoms with E-state index in [-0.39, 0.29) is 5.69 Å². The normalized spacial score (nSPS) is 11.1. The number of H-pyrrole nitrogens is 1. The lowest BCUT2D eigenvalue weighted by Gasteiger charge is -1.99. The van der Waals surface area contributed by atoms with Gasteiger partial charge >= 0.3 is 0 Å². The van der Waals surface area contributed by atoms with Crippen LogP contribution in [0.3, 0.4) is 0 Å². The summed E-state index contributed by atoms with van der Waals surface area (Å²) < 4.78 is 0. The fourth-order valence-corrected chi connectivity index (χ4v) is 2.64. The molecule has 0 bridgehead atoms. The van der Waals surface area contributed by atoms with Crippen LogP contribution in [0.25, 0.3) is 10.9 Å². The molecule has 0 saturated heterocycles. The summed E-state index contributed by atoms with van der Waals surface area (Å²) in [6, 6.07) is 11.3. The number of hydrogen-bond donors (Lipinski definition) is 2. The van der Waals surface area contributed by atoms with Crippen molar-refractivity contribution < 1.29 is 9.72 Å². The largest absolute Gasteiger partial charge is 0.350 e. The Balaban J connectivity index is 1.78. The van der Waals surface area contributed by atoms with Crippen LogP contribution in [0.1, 0.15) is 21.6 Å². The Kier molecular flexibility index (Phi) is 4.49.